The lowest BCUT2D eigenvalue weighted by atomic mass is 9.63. The number of nitrogens with one attached hydrogen (secondary N) is 2. The normalized spacial score (nSPS) is 15.7. The number of amides is 1. The molecule has 0 radical (unpaired) electrons. The van der Waals surface area contributed by atoms with Gasteiger partial charge in [0.05, 0.1) is 25.7 Å². The Morgan fingerprint density at radius 2 is 1.87 bits per heavy atom. The van der Waals surface area contributed by atoms with E-state index in [4.69, 9.17) is 21.1 Å². The summed E-state index contributed by atoms with van der Waals surface area (Å²) in [5.41, 5.74) is 1.87. The largest absolute Gasteiger partial charge is 0.493 e. The van der Waals surface area contributed by atoms with Crippen LogP contribution in [0.25, 0.3) is 10.9 Å². The van der Waals surface area contributed by atoms with Gasteiger partial charge in [0.2, 0.25) is 5.91 Å². The minimum Gasteiger partial charge on any atom is -0.493 e. The van der Waals surface area contributed by atoms with E-state index in [1.807, 2.05) is 12.1 Å². The minimum atomic E-state index is -0.147. The molecule has 1 saturated heterocycles. The van der Waals surface area contributed by atoms with Crippen LogP contribution in [0.2, 0.25) is 5.02 Å². The molecule has 9 nitrogen and oxygen atoms in total. The van der Waals surface area contributed by atoms with E-state index in [0.717, 1.165) is 35.3 Å². The first-order valence-electron chi connectivity index (χ1n) is 16.3. The molecular formula is C36H47ClN6O3S. The van der Waals surface area contributed by atoms with Gasteiger partial charge in [-0.3, -0.25) is 9.69 Å². The molecular weight excluding hydrogens is 632 g/mol. The summed E-state index contributed by atoms with van der Waals surface area (Å²) in [6, 6.07) is 11.5. The van der Waals surface area contributed by atoms with Crippen LogP contribution < -0.4 is 20.1 Å². The van der Waals surface area contributed by atoms with Crippen molar-refractivity contribution < 1.29 is 14.3 Å². The van der Waals surface area contributed by atoms with E-state index in [1.54, 1.807) is 37.6 Å². The van der Waals surface area contributed by atoms with Crippen LogP contribution in [-0.4, -0.2) is 58.6 Å². The molecule has 1 aliphatic heterocycles. The van der Waals surface area contributed by atoms with Crippen LogP contribution in [0.4, 0.5) is 16.6 Å². The summed E-state index contributed by atoms with van der Waals surface area (Å²) in [5, 5.41) is 8.13. The third kappa shape index (κ3) is 8.91. The average molecular weight is 679 g/mol. The van der Waals surface area contributed by atoms with Gasteiger partial charge in [-0.15, -0.1) is 11.3 Å². The Morgan fingerprint density at radius 3 is 2.60 bits per heavy atom. The molecule has 1 atom stereocenters. The van der Waals surface area contributed by atoms with Crippen LogP contribution in [0.5, 0.6) is 11.5 Å². The van der Waals surface area contributed by atoms with Crippen molar-refractivity contribution in [2.45, 2.75) is 73.3 Å². The molecule has 0 spiro atoms. The van der Waals surface area contributed by atoms with Crippen molar-refractivity contribution in [3.8, 4) is 11.5 Å². The van der Waals surface area contributed by atoms with Gasteiger partial charge >= 0.3 is 0 Å². The van der Waals surface area contributed by atoms with Crippen molar-refractivity contribution in [3.05, 3.63) is 58.8 Å². The summed E-state index contributed by atoms with van der Waals surface area (Å²) in [4.78, 5) is 29.5. The topological polar surface area (TPSA) is 102 Å². The molecule has 1 aliphatic rings. The molecule has 3 heterocycles. The van der Waals surface area contributed by atoms with Gasteiger partial charge in [-0.1, -0.05) is 59.2 Å². The van der Waals surface area contributed by atoms with Gasteiger partial charge in [-0.25, -0.2) is 15.0 Å². The number of nitrogens with zero attached hydrogens (tertiary/aromatic N) is 4. The van der Waals surface area contributed by atoms with Crippen LogP contribution in [-0.2, 0) is 11.2 Å². The number of carbonyl (C=O) groups excluding carboxylic acids is 1. The molecule has 47 heavy (non-hydrogen) atoms. The molecule has 2 aromatic carbocycles. The lowest BCUT2D eigenvalue weighted by Gasteiger charge is -2.47. The molecule has 0 aliphatic carbocycles. The third-order valence-electron chi connectivity index (χ3n) is 8.66. The van der Waals surface area contributed by atoms with Crippen LogP contribution in [0.1, 0.15) is 65.7 Å². The van der Waals surface area contributed by atoms with Gasteiger partial charge in [0.15, 0.2) is 16.6 Å². The van der Waals surface area contributed by atoms with Gasteiger partial charge < -0.3 is 20.1 Å². The second kappa shape index (κ2) is 14.7. The molecule has 2 aromatic heterocycles. The van der Waals surface area contributed by atoms with Crippen molar-refractivity contribution in [1.29, 1.82) is 0 Å². The maximum Gasteiger partial charge on any atom is 0.229 e. The van der Waals surface area contributed by atoms with Gasteiger partial charge in [-0.05, 0) is 66.8 Å². The van der Waals surface area contributed by atoms with E-state index >= 15 is 0 Å². The number of thiazole rings is 1. The van der Waals surface area contributed by atoms with Crippen molar-refractivity contribution in [2.24, 2.45) is 16.7 Å². The average Bonchev–Trinajstić information content (AvgIpc) is 3.62. The number of rotatable bonds is 12. The first kappa shape index (κ1) is 34.9. The number of halogens is 1. The fourth-order valence-electron chi connectivity index (χ4n) is 7.32. The Bertz CT molecular complexity index is 1670. The number of likely N-dealkylation sites (tertiary alicyclic amines) is 1. The molecule has 0 unspecified atom stereocenters. The van der Waals surface area contributed by atoms with E-state index in [9.17, 15) is 4.79 Å². The lowest BCUT2D eigenvalue weighted by Crippen LogP contribution is -2.48. The molecule has 1 amide bonds. The number of anilines is 3. The number of aromatic nitrogens is 3. The maximum atomic E-state index is 12.6. The van der Waals surface area contributed by atoms with Crippen molar-refractivity contribution >= 4 is 56.4 Å². The number of carbonyl (C=O) groups is 1. The zero-order valence-corrected chi connectivity index (χ0v) is 30.1. The second-order valence-corrected chi connectivity index (χ2v) is 15.9. The highest BCUT2D eigenvalue weighted by Crippen LogP contribution is 2.46. The summed E-state index contributed by atoms with van der Waals surface area (Å²) in [7, 11) is 1.64. The van der Waals surface area contributed by atoms with Crippen LogP contribution in [0, 0.1) is 16.7 Å². The Morgan fingerprint density at radius 1 is 1.09 bits per heavy atom. The fraction of sp³-hybridized carbons (Fsp3) is 0.500. The number of ether oxygens (including phenoxy) is 2. The van der Waals surface area contributed by atoms with E-state index < -0.39 is 0 Å². The quantitative estimate of drug-likeness (QED) is 0.144. The van der Waals surface area contributed by atoms with Gasteiger partial charge in [0.25, 0.3) is 0 Å². The summed E-state index contributed by atoms with van der Waals surface area (Å²) in [5.74, 6) is 2.33. The minimum absolute atomic E-state index is 0.147. The second-order valence-electron chi connectivity index (χ2n) is 14.4. The van der Waals surface area contributed by atoms with E-state index in [1.165, 1.54) is 30.5 Å². The number of hydrogen-bond acceptors (Lipinski definition) is 9. The van der Waals surface area contributed by atoms with E-state index in [0.29, 0.717) is 51.7 Å². The highest BCUT2D eigenvalue weighted by Gasteiger charge is 2.44. The van der Waals surface area contributed by atoms with Crippen molar-refractivity contribution in [3.63, 3.8) is 0 Å². The molecule has 0 bridgehead atoms. The summed E-state index contributed by atoms with van der Waals surface area (Å²) < 4.78 is 12.0. The molecule has 2 N–H and O–H groups in total. The van der Waals surface area contributed by atoms with E-state index in [2.05, 4.69) is 72.0 Å². The summed E-state index contributed by atoms with van der Waals surface area (Å²) in [6.45, 7) is 17.1. The van der Waals surface area contributed by atoms with Crippen molar-refractivity contribution in [2.75, 3.05) is 37.4 Å². The van der Waals surface area contributed by atoms with Crippen molar-refractivity contribution in [1.82, 2.24) is 19.9 Å². The third-order valence-corrected chi connectivity index (χ3v) is 9.80. The Balaban J connectivity index is 1.21. The number of methoxy groups -OCH3 is 1. The monoisotopic (exact) mass is 678 g/mol. The summed E-state index contributed by atoms with van der Waals surface area (Å²) in [6.07, 6.45) is 6.84. The van der Waals surface area contributed by atoms with Crippen LogP contribution in [0.3, 0.4) is 0 Å². The molecule has 11 heteroatoms. The SMILES string of the molecule is COc1cc2c(Nc3ncc(CC(=O)Nc4cccc(Cl)c4)s3)ncnc2cc1OCCCN1CCC[C@@H]1C(C(C)(C)C)C(C)(C)C. The molecule has 4 aromatic rings. The summed E-state index contributed by atoms with van der Waals surface area (Å²) >= 11 is 7.42. The first-order chi connectivity index (χ1) is 22.3. The first-order valence-corrected chi connectivity index (χ1v) is 17.5. The van der Waals surface area contributed by atoms with E-state index in [-0.39, 0.29) is 23.2 Å². The molecule has 5 rings (SSSR count). The van der Waals surface area contributed by atoms with Gasteiger partial charge in [0, 0.05) is 45.8 Å². The van der Waals surface area contributed by atoms with Crippen LogP contribution >= 0.6 is 22.9 Å². The van der Waals surface area contributed by atoms with Gasteiger partial charge in [0.1, 0.15) is 12.1 Å². The smallest absolute Gasteiger partial charge is 0.229 e. The number of benzene rings is 2. The standard InChI is InChI=1S/C36H47ClN6O3S/c1-35(2,3)32(36(4,5)6)28-13-9-14-43(28)15-10-16-46-30-20-27-26(19-29(30)45-7)33(40-22-39-27)42-34-38-21-25(47-34)18-31(44)41-24-12-8-11-23(37)17-24/h8,11-12,17,19-22,28,32H,9-10,13-16,18H2,1-7H3,(H,41,44)(H,38,39,40,42)/t28-/m1/s1. The Kier molecular flexibility index (Phi) is 10.9. The zero-order chi connectivity index (χ0) is 33.8. The van der Waals surface area contributed by atoms with Gasteiger partial charge in [-0.2, -0.15) is 0 Å². The Labute approximate surface area is 287 Å². The lowest BCUT2D eigenvalue weighted by molar-refractivity contribution is -0.115. The predicted molar refractivity (Wildman–Crippen MR) is 192 cm³/mol. The Hall–Kier alpha value is -3.47. The fourth-order valence-corrected chi connectivity index (χ4v) is 8.32. The number of hydrogen-bond donors (Lipinski definition) is 2. The zero-order valence-electron chi connectivity index (χ0n) is 28.5. The predicted octanol–water partition coefficient (Wildman–Crippen LogP) is 8.61. The number of fused-ring (bicyclic) bond motifs is 1. The maximum absolute atomic E-state index is 12.6. The molecule has 252 valence electrons. The molecule has 0 saturated carbocycles. The highest BCUT2D eigenvalue weighted by atomic mass is 35.5. The van der Waals surface area contributed by atoms with Crippen LogP contribution in [0.15, 0.2) is 48.9 Å². The highest BCUT2D eigenvalue weighted by molar-refractivity contribution is 7.15. The molecule has 1 fully saturated rings.